The number of H-pyrrole nitrogens is 1. The number of aliphatic hydroxyl groups excluding tert-OH is 1. The predicted molar refractivity (Wildman–Crippen MR) is 92.6 cm³/mol. The third-order valence-electron chi connectivity index (χ3n) is 5.45. The van der Waals surface area contributed by atoms with Crippen molar-refractivity contribution in [3.63, 3.8) is 0 Å². The van der Waals surface area contributed by atoms with Crippen LogP contribution in [0.25, 0.3) is 11.3 Å². The molecule has 2 unspecified atom stereocenters. The second-order valence-electron chi connectivity index (χ2n) is 7.03. The number of primary amides is 1. The maximum atomic E-state index is 13.0. The van der Waals surface area contributed by atoms with E-state index in [0.717, 1.165) is 18.4 Å². The van der Waals surface area contributed by atoms with E-state index in [1.54, 1.807) is 24.4 Å². The fourth-order valence-corrected chi connectivity index (χ4v) is 4.18. The predicted octanol–water partition coefficient (Wildman–Crippen LogP) is 0.832. The highest BCUT2D eigenvalue weighted by Crippen LogP contribution is 2.39. The molecule has 8 heteroatoms. The molecule has 136 valence electrons. The van der Waals surface area contributed by atoms with Gasteiger partial charge in [0, 0.05) is 29.8 Å². The average Bonchev–Trinajstić information content (AvgIpc) is 3.24. The summed E-state index contributed by atoms with van der Waals surface area (Å²) in [5, 5.41) is 16.3. The van der Waals surface area contributed by atoms with E-state index >= 15 is 0 Å². The van der Waals surface area contributed by atoms with Crippen molar-refractivity contribution < 1.29 is 14.7 Å². The number of nitrogens with two attached hydrogens (primary N) is 1. The van der Waals surface area contributed by atoms with Crippen LogP contribution in [0.2, 0.25) is 0 Å². The molecule has 0 aromatic carbocycles. The molecule has 0 radical (unpaired) electrons. The van der Waals surface area contributed by atoms with Crippen LogP contribution in [0.3, 0.4) is 0 Å². The van der Waals surface area contributed by atoms with Crippen LogP contribution in [0.4, 0.5) is 0 Å². The summed E-state index contributed by atoms with van der Waals surface area (Å²) in [5.74, 6) is -0.492. The fraction of sp³-hybridized carbons (Fsp3) is 0.444. The SMILES string of the molecule is NC(=O)C1CC2CCC(C1)N2C(=O)c1cc(-c2ccnc(CO)c2)n[nH]1. The Bertz CT molecular complexity index is 835. The largest absolute Gasteiger partial charge is 0.390 e. The Morgan fingerprint density at radius 2 is 2.00 bits per heavy atom. The number of hydrogen-bond acceptors (Lipinski definition) is 5. The van der Waals surface area contributed by atoms with Gasteiger partial charge in [0.1, 0.15) is 5.69 Å². The van der Waals surface area contributed by atoms with E-state index in [9.17, 15) is 14.7 Å². The van der Waals surface area contributed by atoms with Gasteiger partial charge in [-0.05, 0) is 43.9 Å². The van der Waals surface area contributed by atoms with Gasteiger partial charge in [-0.15, -0.1) is 0 Å². The zero-order valence-electron chi connectivity index (χ0n) is 14.3. The Morgan fingerprint density at radius 1 is 1.27 bits per heavy atom. The number of rotatable bonds is 4. The van der Waals surface area contributed by atoms with E-state index in [2.05, 4.69) is 15.2 Å². The van der Waals surface area contributed by atoms with Crippen LogP contribution in [-0.2, 0) is 11.4 Å². The van der Waals surface area contributed by atoms with E-state index in [-0.39, 0.29) is 36.4 Å². The molecule has 2 aromatic rings. The van der Waals surface area contributed by atoms with Gasteiger partial charge in [0.05, 0.1) is 18.0 Å². The number of carbonyl (C=O) groups is 2. The van der Waals surface area contributed by atoms with Gasteiger partial charge in [0.2, 0.25) is 5.91 Å². The van der Waals surface area contributed by atoms with Gasteiger partial charge < -0.3 is 15.7 Å². The van der Waals surface area contributed by atoms with Gasteiger partial charge in [-0.3, -0.25) is 19.7 Å². The van der Waals surface area contributed by atoms with E-state index in [1.165, 1.54) is 0 Å². The van der Waals surface area contributed by atoms with Crippen molar-refractivity contribution in [2.75, 3.05) is 0 Å². The summed E-state index contributed by atoms with van der Waals surface area (Å²) in [6, 6.07) is 5.37. The second kappa shape index (κ2) is 6.53. The third-order valence-corrected chi connectivity index (χ3v) is 5.45. The normalized spacial score (nSPS) is 24.7. The molecule has 2 aliphatic heterocycles. The number of carbonyl (C=O) groups excluding carboxylic acids is 2. The van der Waals surface area contributed by atoms with Gasteiger partial charge in [0.15, 0.2) is 0 Å². The second-order valence-corrected chi connectivity index (χ2v) is 7.03. The minimum absolute atomic E-state index is 0.0624. The van der Waals surface area contributed by atoms with Crippen LogP contribution in [0.5, 0.6) is 0 Å². The molecule has 2 saturated heterocycles. The Hall–Kier alpha value is -2.74. The van der Waals surface area contributed by atoms with E-state index in [4.69, 9.17) is 5.73 Å². The van der Waals surface area contributed by atoms with Crippen molar-refractivity contribution >= 4 is 11.8 Å². The topological polar surface area (TPSA) is 125 Å². The molecule has 26 heavy (non-hydrogen) atoms. The maximum Gasteiger partial charge on any atom is 0.272 e. The Balaban J connectivity index is 1.55. The van der Waals surface area contributed by atoms with Crippen molar-refractivity contribution in [2.24, 2.45) is 11.7 Å². The zero-order chi connectivity index (χ0) is 18.3. The number of aromatic nitrogens is 3. The number of nitrogens with one attached hydrogen (secondary N) is 1. The lowest BCUT2D eigenvalue weighted by Gasteiger charge is -2.37. The van der Waals surface area contributed by atoms with E-state index < -0.39 is 0 Å². The molecule has 0 spiro atoms. The first kappa shape index (κ1) is 16.7. The number of aromatic amines is 1. The highest BCUT2D eigenvalue weighted by atomic mass is 16.3. The summed E-state index contributed by atoms with van der Waals surface area (Å²) >= 11 is 0. The summed E-state index contributed by atoms with van der Waals surface area (Å²) in [6.45, 7) is -0.151. The summed E-state index contributed by atoms with van der Waals surface area (Å²) in [7, 11) is 0. The minimum atomic E-state index is -0.268. The molecule has 2 aliphatic rings. The van der Waals surface area contributed by atoms with Gasteiger partial charge in [-0.1, -0.05) is 0 Å². The number of aliphatic hydroxyl groups is 1. The average molecular weight is 355 g/mol. The Labute approximate surface area is 150 Å². The lowest BCUT2D eigenvalue weighted by molar-refractivity contribution is -0.123. The number of fused-ring (bicyclic) bond motifs is 2. The first-order chi connectivity index (χ1) is 12.6. The lowest BCUT2D eigenvalue weighted by Crippen LogP contribution is -2.49. The molecule has 2 amide bonds. The van der Waals surface area contributed by atoms with E-state index in [1.807, 2.05) is 4.90 Å². The molecule has 4 rings (SSSR count). The van der Waals surface area contributed by atoms with Gasteiger partial charge in [-0.25, -0.2) is 0 Å². The van der Waals surface area contributed by atoms with Gasteiger partial charge in [0.25, 0.3) is 5.91 Å². The number of hydrogen-bond donors (Lipinski definition) is 3. The molecular formula is C18H21N5O3. The molecule has 8 nitrogen and oxygen atoms in total. The van der Waals surface area contributed by atoms with Crippen LogP contribution < -0.4 is 5.73 Å². The monoisotopic (exact) mass is 355 g/mol. The smallest absolute Gasteiger partial charge is 0.272 e. The molecule has 0 saturated carbocycles. The molecular weight excluding hydrogens is 334 g/mol. The Kier molecular flexibility index (Phi) is 4.20. The quantitative estimate of drug-likeness (QED) is 0.749. The van der Waals surface area contributed by atoms with Crippen molar-refractivity contribution in [1.82, 2.24) is 20.1 Å². The van der Waals surface area contributed by atoms with Crippen LogP contribution in [-0.4, -0.2) is 49.1 Å². The van der Waals surface area contributed by atoms with Crippen molar-refractivity contribution in [3.8, 4) is 11.3 Å². The van der Waals surface area contributed by atoms with Crippen LogP contribution >= 0.6 is 0 Å². The first-order valence-corrected chi connectivity index (χ1v) is 8.80. The van der Waals surface area contributed by atoms with Crippen molar-refractivity contribution in [1.29, 1.82) is 0 Å². The molecule has 2 aromatic heterocycles. The highest BCUT2D eigenvalue weighted by Gasteiger charge is 2.45. The molecule has 2 fully saturated rings. The first-order valence-electron chi connectivity index (χ1n) is 8.80. The maximum absolute atomic E-state index is 13.0. The third kappa shape index (κ3) is 2.86. The van der Waals surface area contributed by atoms with Gasteiger partial charge in [-0.2, -0.15) is 5.10 Å². The van der Waals surface area contributed by atoms with Crippen LogP contribution in [0.1, 0.15) is 41.9 Å². The lowest BCUT2D eigenvalue weighted by atomic mass is 9.90. The summed E-state index contributed by atoms with van der Waals surface area (Å²) in [4.78, 5) is 30.4. The highest BCUT2D eigenvalue weighted by molar-refractivity contribution is 5.94. The zero-order valence-corrected chi connectivity index (χ0v) is 14.3. The summed E-state index contributed by atoms with van der Waals surface area (Å²) < 4.78 is 0. The number of amides is 2. The molecule has 0 aliphatic carbocycles. The number of pyridine rings is 1. The standard InChI is InChI=1S/C18H21N5O3/c19-17(25)11-6-13-1-2-14(7-11)23(13)18(26)16-8-15(21-22-16)10-3-4-20-12(5-10)9-24/h3-5,8,11,13-14,24H,1-2,6-7,9H2,(H2,19,25)(H,21,22). The molecule has 4 N–H and O–H groups in total. The van der Waals surface area contributed by atoms with Crippen LogP contribution in [0.15, 0.2) is 24.4 Å². The van der Waals surface area contributed by atoms with E-state index in [0.29, 0.717) is 29.9 Å². The molecule has 4 heterocycles. The minimum Gasteiger partial charge on any atom is -0.390 e. The molecule has 2 atom stereocenters. The van der Waals surface area contributed by atoms with Crippen LogP contribution in [0, 0.1) is 5.92 Å². The number of piperidine rings is 1. The van der Waals surface area contributed by atoms with Gasteiger partial charge >= 0.3 is 0 Å². The van der Waals surface area contributed by atoms with Crippen molar-refractivity contribution in [2.45, 2.75) is 44.4 Å². The summed E-state index contributed by atoms with van der Waals surface area (Å²) in [5.41, 5.74) is 7.85. The molecule has 2 bridgehead atoms. The Morgan fingerprint density at radius 3 is 2.65 bits per heavy atom. The summed E-state index contributed by atoms with van der Waals surface area (Å²) in [6.07, 6.45) is 4.70. The van der Waals surface area contributed by atoms with Crippen molar-refractivity contribution in [3.05, 3.63) is 35.8 Å². The fourth-order valence-electron chi connectivity index (χ4n) is 4.18. The number of nitrogens with zero attached hydrogens (tertiary/aromatic N) is 3.